The summed E-state index contributed by atoms with van der Waals surface area (Å²) < 4.78 is 57.4. The Kier molecular flexibility index (Phi) is 4.84. The fourth-order valence-corrected chi connectivity index (χ4v) is 3.46. The molecule has 1 N–H and O–H groups in total. The van der Waals surface area contributed by atoms with Gasteiger partial charge in [0.15, 0.2) is 5.43 Å². The second-order valence-corrected chi connectivity index (χ2v) is 6.95. The van der Waals surface area contributed by atoms with Crippen LogP contribution in [0, 0.1) is 15.9 Å². The van der Waals surface area contributed by atoms with Gasteiger partial charge in [-0.1, -0.05) is 0 Å². The van der Waals surface area contributed by atoms with E-state index in [2.05, 4.69) is 4.98 Å². The van der Waals surface area contributed by atoms with Crippen LogP contribution in [0.1, 0.15) is 22.6 Å². The van der Waals surface area contributed by atoms with Gasteiger partial charge in [0.1, 0.15) is 5.82 Å². The van der Waals surface area contributed by atoms with Gasteiger partial charge < -0.3 is 9.40 Å². The molecule has 2 aromatic heterocycles. The van der Waals surface area contributed by atoms with Gasteiger partial charge in [-0.2, -0.15) is 13.2 Å². The summed E-state index contributed by atoms with van der Waals surface area (Å²) in [5.41, 5.74) is -2.55. The van der Waals surface area contributed by atoms with E-state index in [-0.39, 0.29) is 53.8 Å². The Balaban J connectivity index is 1.66. The fraction of sp³-hybridized carbons (Fsp3) is 0.278. The lowest BCUT2D eigenvalue weighted by Gasteiger charge is -2.27. The van der Waals surface area contributed by atoms with Crippen LogP contribution in [0.5, 0.6) is 0 Å². The lowest BCUT2D eigenvalue weighted by Crippen LogP contribution is -2.37. The van der Waals surface area contributed by atoms with Crippen molar-refractivity contribution in [2.45, 2.75) is 25.7 Å². The van der Waals surface area contributed by atoms with E-state index in [1.807, 2.05) is 0 Å². The first-order valence-corrected chi connectivity index (χ1v) is 8.84. The van der Waals surface area contributed by atoms with Crippen LogP contribution in [0.3, 0.4) is 0 Å². The lowest BCUT2D eigenvalue weighted by molar-refractivity contribution is -0.383. The number of fused-ring (bicyclic) bond motifs is 2. The Bertz CT molecular complexity index is 1330. The number of aromatic nitrogens is 2. The quantitative estimate of drug-likeness (QED) is 0.377. The number of nitrogens with zero attached hydrogens (tertiary/aromatic N) is 3. The average molecular weight is 440 g/mol. The first-order chi connectivity index (χ1) is 14.5. The maximum absolute atomic E-state index is 13.7. The van der Waals surface area contributed by atoms with Crippen molar-refractivity contribution < 1.29 is 26.9 Å². The molecule has 1 aliphatic rings. The maximum atomic E-state index is 13.7. The largest absolute Gasteiger partial charge is 0.456 e. The van der Waals surface area contributed by atoms with Gasteiger partial charge in [-0.05, 0) is 6.07 Å². The zero-order chi connectivity index (χ0) is 22.5. The molecule has 3 aromatic rings. The minimum atomic E-state index is -4.78. The molecule has 1 aliphatic heterocycles. The number of benzene rings is 1. The molecule has 0 unspecified atom stereocenters. The summed E-state index contributed by atoms with van der Waals surface area (Å²) in [5, 5.41) is 10.8. The molecule has 31 heavy (non-hydrogen) atoms. The maximum Gasteiger partial charge on any atom is 0.449 e. The van der Waals surface area contributed by atoms with Gasteiger partial charge in [0, 0.05) is 31.6 Å². The number of alkyl halides is 3. The molecule has 0 amide bonds. The van der Waals surface area contributed by atoms with E-state index in [9.17, 15) is 37.3 Å². The highest BCUT2D eigenvalue weighted by molar-refractivity contribution is 5.85. The third-order valence-electron chi connectivity index (χ3n) is 4.90. The van der Waals surface area contributed by atoms with Crippen molar-refractivity contribution in [2.75, 3.05) is 6.54 Å². The molecule has 0 saturated carbocycles. The lowest BCUT2D eigenvalue weighted by atomic mass is 10.1. The van der Waals surface area contributed by atoms with Crippen molar-refractivity contribution >= 4 is 16.7 Å². The zero-order valence-corrected chi connectivity index (χ0v) is 15.5. The molecule has 0 radical (unpaired) electrons. The van der Waals surface area contributed by atoms with Gasteiger partial charge >= 0.3 is 11.9 Å². The summed E-state index contributed by atoms with van der Waals surface area (Å²) >= 11 is 0. The standard InChI is InChI=1S/C18H12F4N4O5/c19-9-3-10-14(27)8(7-31-15(10)13(4-9)26(29)30)5-25-2-1-12-11(6-25)16(28)24-17(23-12)18(20,21)22/h3-4,7H,1-2,5-6H2,(H,23,24,28). The van der Waals surface area contributed by atoms with Crippen LogP contribution in [-0.4, -0.2) is 26.3 Å². The molecule has 9 nitrogen and oxygen atoms in total. The van der Waals surface area contributed by atoms with Crippen molar-refractivity contribution in [3.05, 3.63) is 77.5 Å². The Morgan fingerprint density at radius 2 is 2.03 bits per heavy atom. The number of H-pyrrole nitrogens is 1. The second kappa shape index (κ2) is 7.27. The molecular weight excluding hydrogens is 428 g/mol. The number of hydrogen-bond acceptors (Lipinski definition) is 7. The SMILES string of the molecule is O=c1[nH]c(C(F)(F)F)nc2c1CN(Cc1coc3c([N+](=O)[O-])cc(F)cc3c1=O)CC2. The highest BCUT2D eigenvalue weighted by atomic mass is 19.4. The monoisotopic (exact) mass is 440 g/mol. The van der Waals surface area contributed by atoms with Crippen molar-refractivity contribution in [2.24, 2.45) is 0 Å². The summed E-state index contributed by atoms with van der Waals surface area (Å²) in [4.78, 5) is 41.8. The van der Waals surface area contributed by atoms with E-state index in [1.54, 1.807) is 9.88 Å². The molecule has 0 atom stereocenters. The fourth-order valence-electron chi connectivity index (χ4n) is 3.46. The molecule has 4 rings (SSSR count). The van der Waals surface area contributed by atoms with Gasteiger partial charge in [-0.15, -0.1) is 0 Å². The van der Waals surface area contributed by atoms with Crippen LogP contribution >= 0.6 is 0 Å². The van der Waals surface area contributed by atoms with Crippen LogP contribution in [0.2, 0.25) is 0 Å². The smallest absolute Gasteiger partial charge is 0.449 e. The van der Waals surface area contributed by atoms with E-state index in [4.69, 9.17) is 4.42 Å². The number of aromatic amines is 1. The summed E-state index contributed by atoms with van der Waals surface area (Å²) in [6.07, 6.45) is -3.73. The predicted octanol–water partition coefficient (Wildman–Crippen LogP) is 2.50. The highest BCUT2D eigenvalue weighted by Gasteiger charge is 2.36. The second-order valence-electron chi connectivity index (χ2n) is 6.95. The average Bonchev–Trinajstić information content (AvgIpc) is 2.69. The molecule has 0 spiro atoms. The van der Waals surface area contributed by atoms with Crippen molar-refractivity contribution in [1.29, 1.82) is 0 Å². The zero-order valence-electron chi connectivity index (χ0n) is 15.5. The molecule has 162 valence electrons. The first kappa shape index (κ1) is 20.7. The van der Waals surface area contributed by atoms with Crippen molar-refractivity contribution in [3.8, 4) is 0 Å². The molecule has 3 heterocycles. The predicted molar refractivity (Wildman–Crippen MR) is 96.8 cm³/mol. The van der Waals surface area contributed by atoms with Crippen LogP contribution in [-0.2, 0) is 25.7 Å². The Hall–Kier alpha value is -3.61. The minimum Gasteiger partial charge on any atom is -0.456 e. The molecule has 0 saturated heterocycles. The molecule has 0 aliphatic carbocycles. The van der Waals surface area contributed by atoms with E-state index >= 15 is 0 Å². The van der Waals surface area contributed by atoms with Crippen LogP contribution in [0.15, 0.2) is 32.4 Å². The number of nitro groups is 1. The molecule has 0 fully saturated rings. The highest BCUT2D eigenvalue weighted by Crippen LogP contribution is 2.28. The Labute approximate surface area is 169 Å². The number of halogens is 4. The number of non-ortho nitro benzene ring substituents is 1. The van der Waals surface area contributed by atoms with E-state index in [0.29, 0.717) is 6.07 Å². The van der Waals surface area contributed by atoms with E-state index < -0.39 is 39.4 Å². The Morgan fingerprint density at radius 1 is 1.29 bits per heavy atom. The van der Waals surface area contributed by atoms with Crippen LogP contribution in [0.4, 0.5) is 23.2 Å². The van der Waals surface area contributed by atoms with Gasteiger partial charge in [-0.25, -0.2) is 9.37 Å². The number of rotatable bonds is 3. The number of nitro benzene ring substituents is 1. The molecule has 0 bridgehead atoms. The van der Waals surface area contributed by atoms with Crippen LogP contribution in [0.25, 0.3) is 11.0 Å². The summed E-state index contributed by atoms with van der Waals surface area (Å²) in [5.74, 6) is -2.35. The van der Waals surface area contributed by atoms with E-state index in [1.165, 1.54) is 0 Å². The molecule has 1 aromatic carbocycles. The van der Waals surface area contributed by atoms with Gasteiger partial charge in [0.2, 0.25) is 11.4 Å². The van der Waals surface area contributed by atoms with Crippen molar-refractivity contribution in [1.82, 2.24) is 14.9 Å². The normalized spacial score (nSPS) is 14.6. The van der Waals surface area contributed by atoms with Crippen LogP contribution < -0.4 is 11.0 Å². The number of hydrogen-bond donors (Lipinski definition) is 1. The minimum absolute atomic E-state index is 0.0237. The topological polar surface area (TPSA) is 122 Å². The van der Waals surface area contributed by atoms with Crippen molar-refractivity contribution in [3.63, 3.8) is 0 Å². The first-order valence-electron chi connectivity index (χ1n) is 8.84. The summed E-state index contributed by atoms with van der Waals surface area (Å²) in [6.45, 7) is 0.0561. The summed E-state index contributed by atoms with van der Waals surface area (Å²) in [6, 6.07) is 1.47. The van der Waals surface area contributed by atoms with Gasteiger partial charge in [0.25, 0.3) is 5.56 Å². The molecular formula is C18H12F4N4O5. The van der Waals surface area contributed by atoms with Gasteiger partial charge in [-0.3, -0.25) is 24.6 Å². The number of nitrogens with one attached hydrogen (secondary N) is 1. The summed E-state index contributed by atoms with van der Waals surface area (Å²) in [7, 11) is 0. The third kappa shape index (κ3) is 3.79. The van der Waals surface area contributed by atoms with Gasteiger partial charge in [0.05, 0.1) is 33.9 Å². The Morgan fingerprint density at radius 3 is 2.71 bits per heavy atom. The molecule has 13 heteroatoms. The third-order valence-corrected chi connectivity index (χ3v) is 4.90. The van der Waals surface area contributed by atoms with E-state index in [0.717, 1.165) is 12.3 Å².